The molecule has 0 saturated carbocycles. The number of aromatic nitrogens is 3. The van der Waals surface area contributed by atoms with E-state index in [4.69, 9.17) is 0 Å². The van der Waals surface area contributed by atoms with Gasteiger partial charge in [0.2, 0.25) is 0 Å². The molecule has 78 valence electrons. The Hall–Kier alpha value is -2.43. The van der Waals surface area contributed by atoms with Crippen LogP contribution < -0.4 is 5.32 Å². The van der Waals surface area contributed by atoms with Crippen molar-refractivity contribution in [3.63, 3.8) is 0 Å². The Kier molecular flexibility index (Phi) is 1.83. The summed E-state index contributed by atoms with van der Waals surface area (Å²) in [5.41, 5.74) is 2.22. The number of amides is 1. The third-order valence-electron chi connectivity index (χ3n) is 2.39. The number of rotatable bonds is 1. The van der Waals surface area contributed by atoms with Gasteiger partial charge < -0.3 is 10.3 Å². The molecule has 0 radical (unpaired) electrons. The number of anilines is 1. The molecule has 5 nitrogen and oxygen atoms in total. The molecule has 0 fully saturated rings. The molecule has 0 aliphatic carbocycles. The van der Waals surface area contributed by atoms with Gasteiger partial charge in [0.15, 0.2) is 0 Å². The van der Waals surface area contributed by atoms with Crippen molar-refractivity contribution < 1.29 is 4.79 Å². The summed E-state index contributed by atoms with van der Waals surface area (Å²) in [4.78, 5) is 22.6. The lowest BCUT2D eigenvalue weighted by molar-refractivity contribution is -0.110. The Balaban J connectivity index is 2.12. The highest BCUT2D eigenvalue weighted by Crippen LogP contribution is 2.30. The van der Waals surface area contributed by atoms with Crippen molar-refractivity contribution >= 4 is 23.4 Å². The van der Waals surface area contributed by atoms with Crippen LogP contribution in [0.25, 0.3) is 11.6 Å². The number of nitrogens with zero attached hydrogens (tertiary/aromatic N) is 2. The van der Waals surface area contributed by atoms with Crippen LogP contribution in [0.2, 0.25) is 0 Å². The van der Waals surface area contributed by atoms with Crippen LogP contribution in [0.15, 0.2) is 30.9 Å². The number of hydrogen-bond acceptors (Lipinski definition) is 3. The number of carbonyl (C=O) groups is 1. The van der Waals surface area contributed by atoms with Crippen LogP contribution in [0.4, 0.5) is 5.82 Å². The molecule has 0 saturated heterocycles. The summed E-state index contributed by atoms with van der Waals surface area (Å²) >= 11 is 0. The van der Waals surface area contributed by atoms with Gasteiger partial charge in [0, 0.05) is 11.8 Å². The Morgan fingerprint density at radius 1 is 1.38 bits per heavy atom. The number of carbonyl (C=O) groups excluding carboxylic acids is 1. The molecular weight excluding hydrogens is 204 g/mol. The first-order chi connectivity index (χ1) is 7.84. The minimum Gasteiger partial charge on any atom is -0.345 e. The van der Waals surface area contributed by atoms with Crippen molar-refractivity contribution in [2.24, 2.45) is 0 Å². The van der Waals surface area contributed by atoms with Crippen LogP contribution in [-0.4, -0.2) is 20.9 Å². The van der Waals surface area contributed by atoms with Crippen molar-refractivity contribution in [2.45, 2.75) is 0 Å². The maximum atomic E-state index is 11.7. The zero-order valence-electron chi connectivity index (χ0n) is 8.27. The maximum absolute atomic E-state index is 11.7. The van der Waals surface area contributed by atoms with Gasteiger partial charge in [-0.1, -0.05) is 0 Å². The second-order valence-electron chi connectivity index (χ2n) is 3.42. The number of nitrogens with one attached hydrogen (secondary N) is 2. The Labute approximate surface area is 91.2 Å². The van der Waals surface area contributed by atoms with Gasteiger partial charge in [-0.2, -0.15) is 0 Å². The molecule has 2 aromatic heterocycles. The third-order valence-corrected chi connectivity index (χ3v) is 2.39. The average molecular weight is 212 g/mol. The van der Waals surface area contributed by atoms with Crippen LogP contribution in [-0.2, 0) is 4.79 Å². The molecule has 2 N–H and O–H groups in total. The molecule has 1 amide bonds. The largest absolute Gasteiger partial charge is 0.345 e. The predicted molar refractivity (Wildman–Crippen MR) is 59.3 cm³/mol. The molecule has 0 unspecified atom stereocenters. The molecule has 3 rings (SSSR count). The summed E-state index contributed by atoms with van der Waals surface area (Å²) in [5, 5.41) is 2.71. The molecule has 0 aromatic carbocycles. The fourth-order valence-corrected chi connectivity index (χ4v) is 1.66. The summed E-state index contributed by atoms with van der Waals surface area (Å²) in [6.07, 6.45) is 6.64. The molecule has 16 heavy (non-hydrogen) atoms. The standard InChI is InChI=1S/C11H8N4O/c16-11-9(4-7-5-12-6-14-7)8-2-1-3-13-10(8)15-11/h1-6H,(H,12,14)(H,13,15,16). The van der Waals surface area contributed by atoms with E-state index in [1.807, 2.05) is 6.07 Å². The maximum Gasteiger partial charge on any atom is 0.257 e. The summed E-state index contributed by atoms with van der Waals surface area (Å²) in [6, 6.07) is 3.67. The SMILES string of the molecule is O=C1Nc2ncccc2C1=Cc1cnc[nH]1. The lowest BCUT2D eigenvalue weighted by atomic mass is 10.1. The van der Waals surface area contributed by atoms with Gasteiger partial charge in [0.1, 0.15) is 5.82 Å². The second kappa shape index (κ2) is 3.30. The quantitative estimate of drug-likeness (QED) is 0.700. The van der Waals surface area contributed by atoms with Gasteiger partial charge in [-0.3, -0.25) is 4.79 Å². The van der Waals surface area contributed by atoms with Gasteiger partial charge in [0.25, 0.3) is 5.91 Å². The molecule has 0 atom stereocenters. The van der Waals surface area contributed by atoms with Crippen LogP contribution in [0.1, 0.15) is 11.3 Å². The number of aromatic amines is 1. The lowest BCUT2D eigenvalue weighted by Crippen LogP contribution is -2.04. The number of imidazole rings is 1. The van der Waals surface area contributed by atoms with E-state index in [0.717, 1.165) is 11.3 Å². The fourth-order valence-electron chi connectivity index (χ4n) is 1.66. The first-order valence-electron chi connectivity index (χ1n) is 4.81. The monoisotopic (exact) mass is 212 g/mol. The Bertz CT molecular complexity index is 571. The van der Waals surface area contributed by atoms with E-state index in [9.17, 15) is 4.79 Å². The summed E-state index contributed by atoms with van der Waals surface area (Å²) < 4.78 is 0. The second-order valence-corrected chi connectivity index (χ2v) is 3.42. The van der Waals surface area contributed by atoms with Crippen molar-refractivity contribution in [1.82, 2.24) is 15.0 Å². The molecule has 1 aliphatic rings. The molecule has 0 bridgehead atoms. The van der Waals surface area contributed by atoms with E-state index in [2.05, 4.69) is 20.3 Å². The fraction of sp³-hybridized carbons (Fsp3) is 0. The third kappa shape index (κ3) is 1.30. The first-order valence-corrected chi connectivity index (χ1v) is 4.81. The Morgan fingerprint density at radius 3 is 3.12 bits per heavy atom. The minimum absolute atomic E-state index is 0.136. The van der Waals surface area contributed by atoms with Crippen molar-refractivity contribution in [3.05, 3.63) is 42.1 Å². The van der Waals surface area contributed by atoms with Gasteiger partial charge in [-0.05, 0) is 18.2 Å². The highest BCUT2D eigenvalue weighted by atomic mass is 16.2. The lowest BCUT2D eigenvalue weighted by Gasteiger charge is -1.94. The van der Waals surface area contributed by atoms with Gasteiger partial charge in [-0.15, -0.1) is 0 Å². The van der Waals surface area contributed by atoms with Gasteiger partial charge in [0.05, 0.1) is 23.8 Å². The zero-order chi connectivity index (χ0) is 11.0. The number of hydrogen-bond donors (Lipinski definition) is 2. The van der Waals surface area contributed by atoms with E-state index in [1.54, 1.807) is 30.9 Å². The first kappa shape index (κ1) is 8.84. The van der Waals surface area contributed by atoms with Crippen LogP contribution in [0.3, 0.4) is 0 Å². The van der Waals surface area contributed by atoms with Crippen LogP contribution in [0.5, 0.6) is 0 Å². The number of H-pyrrole nitrogens is 1. The van der Waals surface area contributed by atoms with E-state index in [-0.39, 0.29) is 5.91 Å². The molecule has 3 heterocycles. The van der Waals surface area contributed by atoms with Crippen molar-refractivity contribution in [2.75, 3.05) is 5.32 Å². The smallest absolute Gasteiger partial charge is 0.257 e. The molecule has 0 spiro atoms. The van der Waals surface area contributed by atoms with Crippen LogP contribution >= 0.6 is 0 Å². The van der Waals surface area contributed by atoms with E-state index in [0.29, 0.717) is 11.4 Å². The summed E-state index contributed by atoms with van der Waals surface area (Å²) in [6.45, 7) is 0. The van der Waals surface area contributed by atoms with Gasteiger partial charge >= 0.3 is 0 Å². The van der Waals surface area contributed by atoms with Gasteiger partial charge in [-0.25, -0.2) is 9.97 Å². The Morgan fingerprint density at radius 2 is 2.31 bits per heavy atom. The summed E-state index contributed by atoms with van der Waals surface area (Å²) in [7, 11) is 0. The van der Waals surface area contributed by atoms with E-state index in [1.165, 1.54) is 0 Å². The molecule has 1 aliphatic heterocycles. The highest BCUT2D eigenvalue weighted by Gasteiger charge is 2.24. The molecular formula is C11H8N4O. The predicted octanol–water partition coefficient (Wildman–Crippen LogP) is 1.30. The normalized spacial score (nSPS) is 16.2. The number of pyridine rings is 1. The van der Waals surface area contributed by atoms with Crippen LogP contribution in [0, 0.1) is 0 Å². The molecule has 2 aromatic rings. The highest BCUT2D eigenvalue weighted by molar-refractivity contribution is 6.34. The van der Waals surface area contributed by atoms with E-state index >= 15 is 0 Å². The number of fused-ring (bicyclic) bond motifs is 1. The topological polar surface area (TPSA) is 70.7 Å². The minimum atomic E-state index is -0.136. The average Bonchev–Trinajstić information content (AvgIpc) is 2.89. The zero-order valence-corrected chi connectivity index (χ0v) is 8.27. The van der Waals surface area contributed by atoms with Crippen molar-refractivity contribution in [3.8, 4) is 0 Å². The van der Waals surface area contributed by atoms with Crippen molar-refractivity contribution in [1.29, 1.82) is 0 Å². The van der Waals surface area contributed by atoms with E-state index < -0.39 is 0 Å². The molecule has 5 heteroatoms. The summed E-state index contributed by atoms with van der Waals surface area (Å²) in [5.74, 6) is 0.474.